The van der Waals surface area contributed by atoms with Gasteiger partial charge < -0.3 is 9.64 Å². The maximum absolute atomic E-state index is 12.5. The second-order valence-corrected chi connectivity index (χ2v) is 8.30. The Bertz CT molecular complexity index is 778. The van der Waals surface area contributed by atoms with Gasteiger partial charge >= 0.3 is 5.97 Å². The normalized spacial score (nSPS) is 20.0. The van der Waals surface area contributed by atoms with Crippen molar-refractivity contribution >= 4 is 23.2 Å². The van der Waals surface area contributed by atoms with Crippen molar-refractivity contribution in [1.29, 1.82) is 0 Å². The number of aryl methyl sites for hydroxylation is 1. The molecule has 1 fully saturated rings. The van der Waals surface area contributed by atoms with Gasteiger partial charge in [0.2, 0.25) is 0 Å². The van der Waals surface area contributed by atoms with Gasteiger partial charge in [-0.15, -0.1) is 11.3 Å². The zero-order chi connectivity index (χ0) is 18.7. The molecule has 2 aromatic rings. The topological polar surface area (TPSA) is 59.5 Å². The lowest BCUT2D eigenvalue weighted by Gasteiger charge is -2.34. The smallest absolute Gasteiger partial charge is 0.351 e. The highest BCUT2D eigenvalue weighted by molar-refractivity contribution is 7.14. The van der Waals surface area contributed by atoms with E-state index >= 15 is 0 Å². The maximum Gasteiger partial charge on any atom is 0.351 e. The van der Waals surface area contributed by atoms with Gasteiger partial charge in [-0.2, -0.15) is 0 Å². The summed E-state index contributed by atoms with van der Waals surface area (Å²) in [6, 6.07) is 9.54. The molecule has 1 aliphatic rings. The molecule has 2 heterocycles. The van der Waals surface area contributed by atoms with E-state index in [0.717, 1.165) is 30.1 Å². The lowest BCUT2D eigenvalue weighted by Crippen LogP contribution is -2.44. The van der Waals surface area contributed by atoms with E-state index in [-0.39, 0.29) is 12.5 Å². The Morgan fingerprint density at radius 1 is 1.19 bits per heavy atom. The van der Waals surface area contributed by atoms with Crippen LogP contribution in [-0.2, 0) is 9.53 Å². The highest BCUT2D eigenvalue weighted by atomic mass is 32.1. The molecule has 0 N–H and O–H groups in total. The number of carbonyl (C=O) groups excluding carboxylic acids is 2. The molecule has 0 bridgehead atoms. The molecule has 6 heteroatoms. The van der Waals surface area contributed by atoms with Crippen LogP contribution in [0.25, 0.3) is 11.3 Å². The summed E-state index contributed by atoms with van der Waals surface area (Å²) >= 11 is 1.29. The molecule has 26 heavy (non-hydrogen) atoms. The number of amides is 1. The average Bonchev–Trinajstić information content (AvgIpc) is 3.01. The van der Waals surface area contributed by atoms with Crippen LogP contribution in [0.2, 0.25) is 0 Å². The van der Waals surface area contributed by atoms with Gasteiger partial charge in [0.05, 0.1) is 10.7 Å². The van der Waals surface area contributed by atoms with Gasteiger partial charge in [0, 0.05) is 18.7 Å². The number of likely N-dealkylation sites (tertiary alicyclic amines) is 1. The SMILES string of the molecule is Cc1nc(-c2ccccc2)c(C(=O)OCC(=O)N2C[C@H](C)C[C@@H](C)C2)s1. The monoisotopic (exact) mass is 372 g/mol. The van der Waals surface area contributed by atoms with Crippen LogP contribution in [0.15, 0.2) is 30.3 Å². The minimum Gasteiger partial charge on any atom is -0.451 e. The molecule has 1 aromatic heterocycles. The van der Waals surface area contributed by atoms with Crippen molar-refractivity contribution in [3.8, 4) is 11.3 Å². The minimum absolute atomic E-state index is 0.126. The summed E-state index contributed by atoms with van der Waals surface area (Å²) in [7, 11) is 0. The van der Waals surface area contributed by atoms with E-state index < -0.39 is 5.97 Å². The number of carbonyl (C=O) groups is 2. The fourth-order valence-corrected chi connectivity index (χ4v) is 4.34. The van der Waals surface area contributed by atoms with Gasteiger partial charge in [0.1, 0.15) is 4.88 Å². The number of hydrogen-bond acceptors (Lipinski definition) is 5. The van der Waals surface area contributed by atoms with Crippen molar-refractivity contribution in [3.05, 3.63) is 40.2 Å². The Kier molecular flexibility index (Phi) is 5.71. The van der Waals surface area contributed by atoms with Crippen molar-refractivity contribution in [3.63, 3.8) is 0 Å². The molecule has 1 saturated heterocycles. The van der Waals surface area contributed by atoms with E-state index in [0.29, 0.717) is 22.4 Å². The van der Waals surface area contributed by atoms with Crippen molar-refractivity contribution < 1.29 is 14.3 Å². The van der Waals surface area contributed by atoms with Crippen LogP contribution in [0.5, 0.6) is 0 Å². The molecule has 5 nitrogen and oxygen atoms in total. The number of thiazole rings is 1. The number of rotatable bonds is 4. The van der Waals surface area contributed by atoms with Gasteiger partial charge in [-0.3, -0.25) is 4.79 Å². The maximum atomic E-state index is 12.5. The van der Waals surface area contributed by atoms with Crippen LogP contribution in [0, 0.1) is 18.8 Å². The number of ether oxygens (including phenoxy) is 1. The van der Waals surface area contributed by atoms with E-state index in [4.69, 9.17) is 4.74 Å². The quantitative estimate of drug-likeness (QED) is 0.767. The van der Waals surface area contributed by atoms with E-state index in [2.05, 4.69) is 18.8 Å². The highest BCUT2D eigenvalue weighted by Crippen LogP contribution is 2.28. The van der Waals surface area contributed by atoms with Gasteiger partial charge in [0.25, 0.3) is 5.91 Å². The summed E-state index contributed by atoms with van der Waals surface area (Å²) in [5.41, 5.74) is 1.49. The van der Waals surface area contributed by atoms with Gasteiger partial charge in [-0.1, -0.05) is 44.2 Å². The Morgan fingerprint density at radius 3 is 2.50 bits per heavy atom. The largest absolute Gasteiger partial charge is 0.451 e. The second kappa shape index (κ2) is 7.99. The molecule has 3 rings (SSSR count). The highest BCUT2D eigenvalue weighted by Gasteiger charge is 2.27. The van der Waals surface area contributed by atoms with Crippen LogP contribution >= 0.6 is 11.3 Å². The zero-order valence-corrected chi connectivity index (χ0v) is 16.2. The third kappa shape index (κ3) is 4.30. The third-order valence-electron chi connectivity index (χ3n) is 4.52. The Labute approximate surface area is 158 Å². The molecule has 2 atom stereocenters. The van der Waals surface area contributed by atoms with Crippen molar-refractivity contribution in [2.45, 2.75) is 27.2 Å². The first kappa shape index (κ1) is 18.6. The minimum atomic E-state index is -0.485. The summed E-state index contributed by atoms with van der Waals surface area (Å²) in [6.07, 6.45) is 1.13. The Balaban J connectivity index is 1.67. The standard InChI is InChI=1S/C20H24N2O3S/c1-13-9-14(2)11-22(10-13)17(23)12-25-20(24)19-18(21-15(3)26-19)16-7-5-4-6-8-16/h4-8,13-14H,9-12H2,1-3H3/t13-,14-/m1/s1. The molecule has 0 aliphatic carbocycles. The van der Waals surface area contributed by atoms with Crippen LogP contribution < -0.4 is 0 Å². The van der Waals surface area contributed by atoms with E-state index in [1.165, 1.54) is 11.3 Å². The van der Waals surface area contributed by atoms with Crippen LogP contribution in [0.4, 0.5) is 0 Å². The number of nitrogens with zero attached hydrogens (tertiary/aromatic N) is 2. The van der Waals surface area contributed by atoms with E-state index in [9.17, 15) is 9.59 Å². The van der Waals surface area contributed by atoms with Crippen LogP contribution in [0.1, 0.15) is 34.9 Å². The average molecular weight is 372 g/mol. The van der Waals surface area contributed by atoms with Crippen molar-refractivity contribution in [2.75, 3.05) is 19.7 Å². The lowest BCUT2D eigenvalue weighted by molar-refractivity contribution is -0.137. The molecule has 1 aliphatic heterocycles. The molecular formula is C20H24N2O3S. The van der Waals surface area contributed by atoms with E-state index in [1.807, 2.05) is 42.2 Å². The molecule has 0 radical (unpaired) electrons. The van der Waals surface area contributed by atoms with Crippen LogP contribution in [-0.4, -0.2) is 41.5 Å². The number of benzene rings is 1. The predicted octanol–water partition coefficient (Wildman–Crippen LogP) is 3.78. The molecular weight excluding hydrogens is 348 g/mol. The molecule has 138 valence electrons. The second-order valence-electron chi connectivity index (χ2n) is 7.10. The van der Waals surface area contributed by atoms with Gasteiger partial charge in [0.15, 0.2) is 6.61 Å². The van der Waals surface area contributed by atoms with Crippen LogP contribution in [0.3, 0.4) is 0 Å². The summed E-state index contributed by atoms with van der Waals surface area (Å²) in [6.45, 7) is 7.40. The zero-order valence-electron chi connectivity index (χ0n) is 15.4. The van der Waals surface area contributed by atoms with Crippen molar-refractivity contribution in [1.82, 2.24) is 9.88 Å². The predicted molar refractivity (Wildman–Crippen MR) is 102 cm³/mol. The van der Waals surface area contributed by atoms with Gasteiger partial charge in [-0.05, 0) is 25.2 Å². The molecule has 1 aromatic carbocycles. The summed E-state index contributed by atoms with van der Waals surface area (Å²) < 4.78 is 5.33. The fraction of sp³-hybridized carbons (Fsp3) is 0.450. The first-order valence-corrected chi connectivity index (χ1v) is 9.73. The Hall–Kier alpha value is -2.21. The first-order chi connectivity index (χ1) is 12.4. The summed E-state index contributed by atoms with van der Waals surface area (Å²) in [5.74, 6) is 0.347. The molecule has 0 saturated carbocycles. The first-order valence-electron chi connectivity index (χ1n) is 8.91. The number of hydrogen-bond donors (Lipinski definition) is 0. The molecule has 1 amide bonds. The Morgan fingerprint density at radius 2 is 1.85 bits per heavy atom. The molecule has 0 spiro atoms. The van der Waals surface area contributed by atoms with Crippen molar-refractivity contribution in [2.24, 2.45) is 11.8 Å². The third-order valence-corrected chi connectivity index (χ3v) is 5.47. The molecule has 0 unspecified atom stereocenters. The lowest BCUT2D eigenvalue weighted by atomic mass is 9.92. The summed E-state index contributed by atoms with van der Waals surface area (Å²) in [5, 5.41) is 0.792. The van der Waals surface area contributed by atoms with E-state index in [1.54, 1.807) is 0 Å². The number of aromatic nitrogens is 1. The van der Waals surface area contributed by atoms with Gasteiger partial charge in [-0.25, -0.2) is 9.78 Å². The number of esters is 1. The summed E-state index contributed by atoms with van der Waals surface area (Å²) in [4.78, 5) is 31.7. The number of piperidine rings is 1. The fourth-order valence-electron chi connectivity index (χ4n) is 3.51.